The van der Waals surface area contributed by atoms with Crippen LogP contribution in [0, 0.1) is 0 Å². The van der Waals surface area contributed by atoms with Crippen LogP contribution in [-0.2, 0) is 10.0 Å². The molecule has 0 spiro atoms. The lowest BCUT2D eigenvalue weighted by Crippen LogP contribution is -2.13. The number of methoxy groups -OCH3 is 2. The van der Waals surface area contributed by atoms with Crippen LogP contribution in [0.15, 0.2) is 21.5 Å². The number of primary sulfonamides is 1. The molecule has 0 amide bonds. The second kappa shape index (κ2) is 4.38. The monoisotopic (exact) mass is 295 g/mol. The molecule has 7 heteroatoms. The number of sulfonamides is 1. The predicted molar refractivity (Wildman–Crippen MR) is 58.6 cm³/mol. The highest BCUT2D eigenvalue weighted by Gasteiger charge is 2.19. The maximum Gasteiger partial charge on any atom is 0.241 e. The smallest absolute Gasteiger partial charge is 0.241 e. The summed E-state index contributed by atoms with van der Waals surface area (Å²) in [6, 6.07) is 2.82. The molecule has 0 aliphatic carbocycles. The summed E-state index contributed by atoms with van der Waals surface area (Å²) in [5, 5.41) is 5.02. The highest BCUT2D eigenvalue weighted by Crippen LogP contribution is 2.38. The van der Waals surface area contributed by atoms with Crippen LogP contribution in [0.2, 0.25) is 0 Å². The Hall–Kier alpha value is -0.790. The molecule has 1 aromatic carbocycles. The molecule has 0 aliphatic rings. The van der Waals surface area contributed by atoms with Gasteiger partial charge in [0, 0.05) is 0 Å². The molecule has 0 bridgehead atoms. The van der Waals surface area contributed by atoms with Crippen molar-refractivity contribution in [2.45, 2.75) is 4.90 Å². The van der Waals surface area contributed by atoms with E-state index in [0.717, 1.165) is 0 Å². The molecule has 0 fully saturated rings. The molecular weight excluding hydrogens is 286 g/mol. The van der Waals surface area contributed by atoms with E-state index in [1.165, 1.54) is 26.4 Å². The van der Waals surface area contributed by atoms with Gasteiger partial charge in [0.1, 0.15) is 15.1 Å². The Morgan fingerprint density at radius 3 is 2.27 bits per heavy atom. The fourth-order valence-electron chi connectivity index (χ4n) is 1.09. The molecule has 0 saturated heterocycles. The quantitative estimate of drug-likeness (QED) is 0.906. The van der Waals surface area contributed by atoms with Crippen molar-refractivity contribution >= 4 is 26.0 Å². The molecule has 1 aromatic rings. The van der Waals surface area contributed by atoms with Crippen molar-refractivity contribution in [3.63, 3.8) is 0 Å². The van der Waals surface area contributed by atoms with Gasteiger partial charge in [0.15, 0.2) is 5.75 Å². The van der Waals surface area contributed by atoms with Gasteiger partial charge >= 0.3 is 0 Å². The van der Waals surface area contributed by atoms with Crippen molar-refractivity contribution in [3.8, 4) is 11.5 Å². The lowest BCUT2D eigenvalue weighted by molar-refractivity contribution is 0.381. The van der Waals surface area contributed by atoms with Crippen molar-refractivity contribution in [2.24, 2.45) is 5.14 Å². The molecule has 84 valence electrons. The summed E-state index contributed by atoms with van der Waals surface area (Å²) in [5.74, 6) is 0.608. The zero-order valence-corrected chi connectivity index (χ0v) is 10.6. The van der Waals surface area contributed by atoms with Crippen molar-refractivity contribution in [3.05, 3.63) is 16.6 Å². The number of benzene rings is 1. The van der Waals surface area contributed by atoms with E-state index >= 15 is 0 Å². The van der Waals surface area contributed by atoms with Crippen LogP contribution in [0.4, 0.5) is 0 Å². The topological polar surface area (TPSA) is 78.6 Å². The van der Waals surface area contributed by atoms with E-state index in [1.54, 1.807) is 0 Å². The van der Waals surface area contributed by atoms with E-state index < -0.39 is 10.0 Å². The average Bonchev–Trinajstić information content (AvgIpc) is 2.15. The number of nitrogens with two attached hydrogens (primary N) is 1. The Labute approximate surface area is 96.4 Å². The molecule has 0 saturated carbocycles. The van der Waals surface area contributed by atoms with Gasteiger partial charge in [0.2, 0.25) is 10.0 Å². The van der Waals surface area contributed by atoms with Crippen molar-refractivity contribution in [1.29, 1.82) is 0 Å². The van der Waals surface area contributed by atoms with Crippen LogP contribution in [0.1, 0.15) is 0 Å². The van der Waals surface area contributed by atoms with E-state index in [4.69, 9.17) is 14.6 Å². The fourth-order valence-corrected chi connectivity index (χ4v) is 2.59. The molecule has 15 heavy (non-hydrogen) atoms. The van der Waals surface area contributed by atoms with Gasteiger partial charge in [-0.2, -0.15) is 0 Å². The highest BCUT2D eigenvalue weighted by atomic mass is 79.9. The predicted octanol–water partition coefficient (Wildman–Crippen LogP) is 1.11. The second-order valence-electron chi connectivity index (χ2n) is 2.66. The van der Waals surface area contributed by atoms with E-state index in [0.29, 0.717) is 10.2 Å². The Bertz CT molecular complexity index is 472. The normalized spacial score (nSPS) is 11.2. The van der Waals surface area contributed by atoms with E-state index in [9.17, 15) is 8.42 Å². The summed E-state index contributed by atoms with van der Waals surface area (Å²) in [6.07, 6.45) is 0. The van der Waals surface area contributed by atoms with E-state index in [-0.39, 0.29) is 10.6 Å². The van der Waals surface area contributed by atoms with Gasteiger partial charge in [-0.1, -0.05) is 0 Å². The Morgan fingerprint density at radius 1 is 1.27 bits per heavy atom. The lowest BCUT2D eigenvalue weighted by Gasteiger charge is -2.11. The number of halogens is 1. The Kier molecular flexibility index (Phi) is 3.58. The number of hydrogen-bond donors (Lipinski definition) is 1. The number of rotatable bonds is 3. The first-order chi connectivity index (χ1) is 6.91. The van der Waals surface area contributed by atoms with Crippen molar-refractivity contribution in [1.82, 2.24) is 0 Å². The first kappa shape index (κ1) is 12.3. The third-order valence-corrected chi connectivity index (χ3v) is 3.44. The first-order valence-electron chi connectivity index (χ1n) is 3.85. The minimum absolute atomic E-state index is 0.0855. The average molecular weight is 296 g/mol. The Morgan fingerprint density at radius 2 is 1.87 bits per heavy atom. The van der Waals surface area contributed by atoms with Crippen LogP contribution in [0.3, 0.4) is 0 Å². The minimum Gasteiger partial charge on any atom is -0.495 e. The van der Waals surface area contributed by atoms with Gasteiger partial charge in [0.05, 0.1) is 14.2 Å². The first-order valence-corrected chi connectivity index (χ1v) is 6.19. The molecule has 0 atom stereocenters. The van der Waals surface area contributed by atoms with Gasteiger partial charge in [-0.3, -0.25) is 0 Å². The van der Waals surface area contributed by atoms with Crippen molar-refractivity contribution in [2.75, 3.05) is 14.2 Å². The van der Waals surface area contributed by atoms with Crippen LogP contribution in [0.25, 0.3) is 0 Å². The summed E-state index contributed by atoms with van der Waals surface area (Å²) in [5.41, 5.74) is 0. The highest BCUT2D eigenvalue weighted by molar-refractivity contribution is 9.10. The van der Waals surface area contributed by atoms with E-state index in [2.05, 4.69) is 15.9 Å². The largest absolute Gasteiger partial charge is 0.495 e. The molecule has 0 aromatic heterocycles. The van der Waals surface area contributed by atoms with Gasteiger partial charge in [-0.15, -0.1) is 0 Å². The van der Waals surface area contributed by atoms with Crippen molar-refractivity contribution < 1.29 is 17.9 Å². The molecule has 0 unspecified atom stereocenters. The molecule has 0 radical (unpaired) electrons. The lowest BCUT2D eigenvalue weighted by atomic mass is 10.3. The summed E-state index contributed by atoms with van der Waals surface area (Å²) >= 11 is 3.17. The minimum atomic E-state index is -3.80. The molecule has 0 aliphatic heterocycles. The van der Waals surface area contributed by atoms with Gasteiger partial charge in [0.25, 0.3) is 0 Å². The number of ether oxygens (including phenoxy) is 2. The molecule has 0 heterocycles. The third kappa shape index (κ3) is 2.42. The second-order valence-corrected chi connectivity index (χ2v) is 4.98. The van der Waals surface area contributed by atoms with Gasteiger partial charge in [-0.25, -0.2) is 13.6 Å². The van der Waals surface area contributed by atoms with Gasteiger partial charge in [-0.05, 0) is 28.1 Å². The van der Waals surface area contributed by atoms with Gasteiger partial charge < -0.3 is 9.47 Å². The molecule has 1 rings (SSSR count). The maximum atomic E-state index is 11.2. The molecule has 2 N–H and O–H groups in total. The fraction of sp³-hybridized carbons (Fsp3) is 0.250. The van der Waals surface area contributed by atoms with Crippen LogP contribution in [0.5, 0.6) is 11.5 Å². The standard InChI is InChI=1S/C8H10BrNO4S/c1-13-5-3-4-6(15(10,11)12)8(14-2)7(5)9/h3-4H,1-2H3,(H2,10,11,12). The van der Waals surface area contributed by atoms with Crippen LogP contribution >= 0.6 is 15.9 Å². The SMILES string of the molecule is COc1ccc(S(N)(=O)=O)c(OC)c1Br. The summed E-state index contributed by atoms with van der Waals surface area (Å²) in [4.78, 5) is -0.0855. The number of hydrogen-bond acceptors (Lipinski definition) is 4. The molecule has 5 nitrogen and oxygen atoms in total. The summed E-state index contributed by atoms with van der Waals surface area (Å²) < 4.78 is 32.8. The zero-order chi connectivity index (χ0) is 11.6. The Balaban J connectivity index is 3.52. The third-order valence-electron chi connectivity index (χ3n) is 1.76. The maximum absolute atomic E-state index is 11.2. The van der Waals surface area contributed by atoms with Crippen LogP contribution in [-0.4, -0.2) is 22.6 Å². The van der Waals surface area contributed by atoms with E-state index in [1.807, 2.05) is 0 Å². The summed E-state index contributed by atoms with van der Waals surface area (Å²) in [7, 11) is -0.980. The summed E-state index contributed by atoms with van der Waals surface area (Å²) in [6.45, 7) is 0. The molecular formula is C8H10BrNO4S. The van der Waals surface area contributed by atoms with Crippen LogP contribution < -0.4 is 14.6 Å². The zero-order valence-electron chi connectivity index (χ0n) is 8.15.